The molecule has 0 amide bonds. The molecule has 0 saturated carbocycles. The normalized spacial score (nSPS) is 16.2. The largest absolute Gasteiger partial charge is 0.179 e. The van der Waals surface area contributed by atoms with Crippen molar-refractivity contribution in [2.45, 2.75) is 0 Å². The molecule has 3 heteroatoms. The van der Waals surface area contributed by atoms with Crippen molar-refractivity contribution in [1.82, 2.24) is 0 Å². The summed E-state index contributed by atoms with van der Waals surface area (Å²) in [5.41, 5.74) is 0. The maximum absolute atomic E-state index is 5.24. The SMILES string of the molecule is [B]P(C)[SiH3]. The lowest BCUT2D eigenvalue weighted by Gasteiger charge is -1.81. The standard InChI is InChI=1S/CH6BPSi/c1-3(2)4/h1,4H3. The van der Waals surface area contributed by atoms with Crippen LogP contribution in [0.4, 0.5) is 0 Å². The Balaban J connectivity index is 2.32. The fourth-order valence-corrected chi connectivity index (χ4v) is 0. The van der Waals surface area contributed by atoms with Gasteiger partial charge in [-0.3, -0.25) is 0 Å². The highest BCUT2D eigenvalue weighted by atomic mass is 31.4. The Kier molecular flexibility index (Phi) is 2.33. The molecule has 0 rings (SSSR count). The summed E-state index contributed by atoms with van der Waals surface area (Å²) in [5.74, 6) is 0. The van der Waals surface area contributed by atoms with Crippen LogP contribution in [0.15, 0.2) is 0 Å². The second kappa shape index (κ2) is 1.98. The summed E-state index contributed by atoms with van der Waals surface area (Å²) in [6.45, 7) is 2.07. The van der Waals surface area contributed by atoms with Gasteiger partial charge in [0, 0.05) is 9.91 Å². The molecule has 0 nitrogen and oxygen atoms in total. The van der Waals surface area contributed by atoms with E-state index >= 15 is 0 Å². The van der Waals surface area contributed by atoms with E-state index in [4.69, 9.17) is 7.57 Å². The van der Waals surface area contributed by atoms with E-state index in [1.807, 2.05) is 0 Å². The third-order valence-corrected chi connectivity index (χ3v) is 0. The first-order valence-electron chi connectivity index (χ1n) is 1.15. The Morgan fingerprint density at radius 2 is 2.00 bits per heavy atom. The zero-order valence-electron chi connectivity index (χ0n) is 3.02. The maximum Gasteiger partial charge on any atom is 0.102 e. The van der Waals surface area contributed by atoms with Crippen LogP contribution in [-0.4, -0.2) is 24.1 Å². The molecule has 1 unspecified atom stereocenters. The predicted molar refractivity (Wildman–Crippen MR) is 28.5 cm³/mol. The first kappa shape index (κ1) is 4.71. The van der Waals surface area contributed by atoms with Crippen molar-refractivity contribution in [1.29, 1.82) is 0 Å². The van der Waals surface area contributed by atoms with Crippen LogP contribution < -0.4 is 0 Å². The molecular formula is CH6BPSi. The molecule has 22 valence electrons. The molecule has 0 aliphatic heterocycles. The zero-order chi connectivity index (χ0) is 3.58. The van der Waals surface area contributed by atoms with Gasteiger partial charge in [-0.1, -0.05) is 6.66 Å². The van der Waals surface area contributed by atoms with Crippen molar-refractivity contribution < 1.29 is 0 Å². The van der Waals surface area contributed by atoms with E-state index in [0.717, 1.165) is 0 Å². The molecule has 2 radical (unpaired) electrons. The molecule has 0 aromatic rings. The molecule has 0 N–H and O–H groups in total. The van der Waals surface area contributed by atoms with Crippen LogP contribution in [0, 0.1) is 0 Å². The monoisotopic (exact) mass is 88.0 g/mol. The average Bonchev–Trinajstić information content (AvgIpc) is 0.811. The van der Waals surface area contributed by atoms with Crippen LogP contribution in [0.2, 0.25) is 0 Å². The fraction of sp³-hybridized carbons (Fsp3) is 1.00. The molecule has 4 heavy (non-hydrogen) atoms. The van der Waals surface area contributed by atoms with Gasteiger partial charge in [0.15, 0.2) is 0 Å². The molecule has 0 fully saturated rings. The second-order valence-corrected chi connectivity index (χ2v) is 7.12. The highest BCUT2D eigenvalue weighted by Gasteiger charge is 1.66. The van der Waals surface area contributed by atoms with Crippen molar-refractivity contribution in [2.24, 2.45) is 0 Å². The zero-order valence-corrected chi connectivity index (χ0v) is 5.92. The van der Waals surface area contributed by atoms with E-state index in [1.165, 1.54) is 9.91 Å². The van der Waals surface area contributed by atoms with E-state index < -0.39 is 0 Å². The average molecular weight is 87.9 g/mol. The highest BCUT2D eigenvalue weighted by molar-refractivity contribution is 8.00. The minimum absolute atomic E-state index is 0.0185. The Morgan fingerprint density at radius 1 is 2.00 bits per heavy atom. The van der Waals surface area contributed by atoms with Crippen molar-refractivity contribution in [2.75, 3.05) is 6.66 Å². The van der Waals surface area contributed by atoms with Gasteiger partial charge in [0.1, 0.15) is 7.57 Å². The van der Waals surface area contributed by atoms with Gasteiger partial charge in [-0.15, -0.1) is 0 Å². The minimum Gasteiger partial charge on any atom is -0.179 e. The molecule has 0 spiro atoms. The maximum atomic E-state index is 5.24. The Morgan fingerprint density at radius 3 is 2.00 bits per heavy atom. The molecule has 0 bridgehead atoms. The third-order valence-electron chi connectivity index (χ3n) is 0. The topological polar surface area (TPSA) is 0 Å². The highest BCUT2D eigenvalue weighted by Crippen LogP contribution is 2.10. The van der Waals surface area contributed by atoms with Crippen molar-refractivity contribution >= 4 is 24.8 Å². The molecule has 1 atom stereocenters. The van der Waals surface area contributed by atoms with Crippen LogP contribution in [0.25, 0.3) is 0 Å². The Hall–Kier alpha value is 0.712. The van der Waals surface area contributed by atoms with Crippen LogP contribution in [-0.2, 0) is 0 Å². The lowest BCUT2D eigenvalue weighted by Crippen LogP contribution is -1.56. The minimum atomic E-state index is 0.0185. The van der Waals surface area contributed by atoms with Gasteiger partial charge in [0.25, 0.3) is 0 Å². The summed E-state index contributed by atoms with van der Waals surface area (Å²) >= 11 is 0. The Labute approximate surface area is 32.4 Å². The van der Waals surface area contributed by atoms with Gasteiger partial charge in [-0.25, -0.2) is 0 Å². The first-order valence-corrected chi connectivity index (χ1v) is 6.14. The molecule has 0 aliphatic rings. The van der Waals surface area contributed by atoms with Crippen molar-refractivity contribution in [3.63, 3.8) is 0 Å². The van der Waals surface area contributed by atoms with Crippen LogP contribution in [0.1, 0.15) is 0 Å². The number of hydrogen-bond acceptors (Lipinski definition) is 0. The number of hydrogen-bond donors (Lipinski definition) is 0. The molecular weight excluding hydrogens is 81.9 g/mol. The predicted octanol–water partition coefficient (Wildman–Crippen LogP) is -0.538. The van der Waals surface area contributed by atoms with Gasteiger partial charge < -0.3 is 0 Å². The third kappa shape index (κ3) is 15.7. The number of rotatable bonds is 0. The van der Waals surface area contributed by atoms with Crippen LogP contribution >= 0.6 is 7.35 Å². The van der Waals surface area contributed by atoms with E-state index in [0.29, 0.717) is 0 Å². The quantitative estimate of drug-likeness (QED) is 0.275. The molecule has 0 aliphatic carbocycles. The van der Waals surface area contributed by atoms with E-state index in [9.17, 15) is 0 Å². The summed E-state index contributed by atoms with van der Waals surface area (Å²) < 4.78 is 0. The van der Waals surface area contributed by atoms with E-state index in [1.54, 1.807) is 0 Å². The van der Waals surface area contributed by atoms with Gasteiger partial charge in [-0.2, -0.15) is 7.35 Å². The summed E-state index contributed by atoms with van der Waals surface area (Å²) in [7, 11) is 6.45. The lowest BCUT2D eigenvalue weighted by atomic mass is 10.8. The molecule has 0 saturated heterocycles. The second-order valence-electron chi connectivity index (χ2n) is 0.964. The van der Waals surface area contributed by atoms with Gasteiger partial charge in [0.05, 0.1) is 0 Å². The molecule has 0 heterocycles. The van der Waals surface area contributed by atoms with Gasteiger partial charge in [-0.05, 0) is 0 Å². The molecule has 0 aromatic carbocycles. The lowest BCUT2D eigenvalue weighted by molar-refractivity contribution is 2.49. The van der Waals surface area contributed by atoms with Crippen molar-refractivity contribution in [3.8, 4) is 0 Å². The smallest absolute Gasteiger partial charge is 0.102 e. The van der Waals surface area contributed by atoms with Gasteiger partial charge >= 0.3 is 0 Å². The summed E-state index contributed by atoms with van der Waals surface area (Å²) in [4.78, 5) is 0. The van der Waals surface area contributed by atoms with E-state index in [2.05, 4.69) is 6.66 Å². The van der Waals surface area contributed by atoms with E-state index in [-0.39, 0.29) is 7.35 Å². The van der Waals surface area contributed by atoms with Crippen molar-refractivity contribution in [3.05, 3.63) is 0 Å². The summed E-state index contributed by atoms with van der Waals surface area (Å²) in [6, 6.07) is 0. The van der Waals surface area contributed by atoms with Gasteiger partial charge in [0.2, 0.25) is 0 Å². The van der Waals surface area contributed by atoms with Crippen LogP contribution in [0.5, 0.6) is 0 Å². The summed E-state index contributed by atoms with van der Waals surface area (Å²) in [5, 5.41) is 0. The Bertz CT molecular complexity index is 12.8. The first-order chi connectivity index (χ1) is 1.73. The van der Waals surface area contributed by atoms with Crippen LogP contribution in [0.3, 0.4) is 0 Å². The molecule has 0 aromatic heterocycles. The fourth-order valence-electron chi connectivity index (χ4n) is 0. The summed E-state index contributed by atoms with van der Waals surface area (Å²) in [6.07, 6.45) is 0.